The average Bonchev–Trinajstić information content (AvgIpc) is 2.33. The summed E-state index contributed by atoms with van der Waals surface area (Å²) in [7, 11) is 0. The summed E-state index contributed by atoms with van der Waals surface area (Å²) < 4.78 is 0. The van der Waals surface area contributed by atoms with Gasteiger partial charge in [-0.05, 0) is 49.4 Å². The molecule has 0 spiro atoms. The van der Waals surface area contributed by atoms with E-state index in [0.29, 0.717) is 10.7 Å². The fraction of sp³-hybridized carbons (Fsp3) is 0.308. The summed E-state index contributed by atoms with van der Waals surface area (Å²) in [6.07, 6.45) is 6.16. The van der Waals surface area contributed by atoms with E-state index >= 15 is 0 Å². The highest BCUT2D eigenvalue weighted by Crippen LogP contribution is 2.32. The molecule has 2 rings (SSSR count). The summed E-state index contributed by atoms with van der Waals surface area (Å²) in [6.45, 7) is 0. The first kappa shape index (κ1) is 12.5. The number of nitrogens with zero attached hydrogens (tertiary/aromatic N) is 1. The van der Waals surface area contributed by atoms with Crippen molar-refractivity contribution in [3.63, 3.8) is 0 Å². The number of halogens is 2. The van der Waals surface area contributed by atoms with Crippen molar-refractivity contribution in [3.8, 4) is 0 Å². The third-order valence-electron chi connectivity index (χ3n) is 2.82. The second-order valence-electron chi connectivity index (χ2n) is 3.98. The number of carbonyl (C=O) groups excluding carboxylic acids is 1. The zero-order valence-corrected chi connectivity index (χ0v) is 10.8. The Hall–Kier alpha value is -0.990. The van der Waals surface area contributed by atoms with E-state index in [-0.39, 0.29) is 0 Å². The predicted octanol–water partition coefficient (Wildman–Crippen LogP) is 4.96. The molecule has 0 unspecified atom stereocenters. The lowest BCUT2D eigenvalue weighted by molar-refractivity contribution is 0.265. The maximum atomic E-state index is 11.6. The molecule has 1 amide bonds. The van der Waals surface area contributed by atoms with Crippen LogP contribution in [-0.2, 0) is 0 Å². The van der Waals surface area contributed by atoms with E-state index in [1.807, 2.05) is 12.1 Å². The molecule has 0 N–H and O–H groups in total. The summed E-state index contributed by atoms with van der Waals surface area (Å²) in [5, 5.41) is 0.0271. The molecule has 0 aromatic heterocycles. The highest BCUT2D eigenvalue weighted by molar-refractivity contribution is 6.66. The molecular formula is C13H13Cl2NO. The zero-order chi connectivity index (χ0) is 12.3. The van der Waals surface area contributed by atoms with E-state index in [9.17, 15) is 4.79 Å². The van der Waals surface area contributed by atoms with Crippen LogP contribution in [0, 0.1) is 0 Å². The van der Waals surface area contributed by atoms with Crippen LogP contribution < -0.4 is 4.90 Å². The van der Waals surface area contributed by atoms with Gasteiger partial charge in [-0.1, -0.05) is 29.8 Å². The summed E-state index contributed by atoms with van der Waals surface area (Å²) >= 11 is 11.8. The van der Waals surface area contributed by atoms with Crippen molar-refractivity contribution >= 4 is 34.3 Å². The molecule has 17 heavy (non-hydrogen) atoms. The molecule has 2 nitrogen and oxygen atoms in total. The molecule has 0 heterocycles. The molecule has 4 heteroatoms. The first-order valence-electron chi connectivity index (χ1n) is 5.63. The average molecular weight is 270 g/mol. The first-order valence-corrected chi connectivity index (χ1v) is 6.39. The van der Waals surface area contributed by atoms with Gasteiger partial charge in [0.1, 0.15) is 0 Å². The number of anilines is 1. The first-order chi connectivity index (χ1) is 8.20. The molecule has 1 aliphatic rings. The van der Waals surface area contributed by atoms with Gasteiger partial charge in [0, 0.05) is 5.70 Å². The molecule has 1 aliphatic carbocycles. The van der Waals surface area contributed by atoms with E-state index in [4.69, 9.17) is 23.2 Å². The number of para-hydroxylation sites is 1. The van der Waals surface area contributed by atoms with Gasteiger partial charge in [-0.3, -0.25) is 9.69 Å². The normalized spacial score (nSPS) is 15.3. The molecule has 90 valence electrons. The van der Waals surface area contributed by atoms with E-state index in [1.165, 1.54) is 4.90 Å². The Kier molecular flexibility index (Phi) is 4.08. The second-order valence-corrected chi connectivity index (χ2v) is 4.71. The van der Waals surface area contributed by atoms with Crippen molar-refractivity contribution in [2.75, 3.05) is 4.90 Å². The number of rotatable bonds is 2. The molecule has 0 fully saturated rings. The van der Waals surface area contributed by atoms with Gasteiger partial charge in [-0.15, -0.1) is 0 Å². The monoisotopic (exact) mass is 269 g/mol. The van der Waals surface area contributed by atoms with Crippen LogP contribution in [0.5, 0.6) is 0 Å². The Bertz CT molecular complexity index is 456. The van der Waals surface area contributed by atoms with E-state index < -0.39 is 5.37 Å². The molecule has 0 bridgehead atoms. The maximum absolute atomic E-state index is 11.6. The minimum Gasteiger partial charge on any atom is -0.270 e. The van der Waals surface area contributed by atoms with E-state index in [0.717, 1.165) is 31.4 Å². The maximum Gasteiger partial charge on any atom is 0.325 e. The number of benzene rings is 1. The molecule has 0 atom stereocenters. The Labute approximate surface area is 111 Å². The van der Waals surface area contributed by atoms with Gasteiger partial charge in [0.05, 0.1) is 10.7 Å². The molecule has 0 saturated heterocycles. The van der Waals surface area contributed by atoms with Crippen LogP contribution in [0.3, 0.4) is 0 Å². The SMILES string of the molecule is O=C(Cl)N(C1=CCCCC1)c1ccccc1Cl. The lowest BCUT2D eigenvalue weighted by Crippen LogP contribution is -2.26. The lowest BCUT2D eigenvalue weighted by atomic mass is 10.0. The minimum absolute atomic E-state index is 0.508. The summed E-state index contributed by atoms with van der Waals surface area (Å²) in [6, 6.07) is 7.24. The standard InChI is InChI=1S/C13H13Cl2NO/c14-11-8-4-5-9-12(11)16(13(15)17)10-6-2-1-3-7-10/h4-6,8-9H,1-3,7H2. The largest absolute Gasteiger partial charge is 0.325 e. The number of hydrogen-bond acceptors (Lipinski definition) is 1. The number of amides is 1. The molecule has 0 saturated carbocycles. The lowest BCUT2D eigenvalue weighted by Gasteiger charge is -2.26. The van der Waals surface area contributed by atoms with Crippen molar-refractivity contribution in [1.29, 1.82) is 0 Å². The minimum atomic E-state index is -0.508. The smallest absolute Gasteiger partial charge is 0.270 e. The van der Waals surface area contributed by atoms with E-state index in [2.05, 4.69) is 6.08 Å². The topological polar surface area (TPSA) is 20.3 Å². The van der Waals surface area contributed by atoms with Gasteiger partial charge < -0.3 is 0 Å². The van der Waals surface area contributed by atoms with E-state index in [1.54, 1.807) is 12.1 Å². The summed E-state index contributed by atoms with van der Waals surface area (Å²) in [5.41, 5.74) is 1.60. The Morgan fingerprint density at radius 3 is 2.59 bits per heavy atom. The van der Waals surface area contributed by atoms with Crippen LogP contribution in [0.2, 0.25) is 5.02 Å². The molecule has 0 aliphatic heterocycles. The van der Waals surface area contributed by atoms with Gasteiger partial charge >= 0.3 is 5.37 Å². The number of allylic oxidation sites excluding steroid dienone is 2. The van der Waals surface area contributed by atoms with Crippen molar-refractivity contribution < 1.29 is 4.79 Å². The molecule has 1 aromatic rings. The van der Waals surface area contributed by atoms with Crippen molar-refractivity contribution in [2.45, 2.75) is 25.7 Å². The zero-order valence-electron chi connectivity index (χ0n) is 9.33. The van der Waals surface area contributed by atoms with Crippen LogP contribution in [0.1, 0.15) is 25.7 Å². The molecule has 0 radical (unpaired) electrons. The fourth-order valence-electron chi connectivity index (χ4n) is 2.02. The van der Waals surface area contributed by atoms with Gasteiger partial charge in [0.25, 0.3) is 0 Å². The van der Waals surface area contributed by atoms with Crippen LogP contribution in [-0.4, -0.2) is 5.37 Å². The summed E-state index contributed by atoms with van der Waals surface area (Å²) in [5.74, 6) is 0. The van der Waals surface area contributed by atoms with Crippen LogP contribution in [0.15, 0.2) is 36.0 Å². The number of hydrogen-bond donors (Lipinski definition) is 0. The molecule has 1 aromatic carbocycles. The predicted molar refractivity (Wildman–Crippen MR) is 71.7 cm³/mol. The van der Waals surface area contributed by atoms with Gasteiger partial charge in [0.2, 0.25) is 0 Å². The van der Waals surface area contributed by atoms with Crippen LogP contribution in [0.4, 0.5) is 10.5 Å². The number of carbonyl (C=O) groups is 1. The van der Waals surface area contributed by atoms with Crippen molar-refractivity contribution in [2.24, 2.45) is 0 Å². The van der Waals surface area contributed by atoms with Crippen molar-refractivity contribution in [1.82, 2.24) is 0 Å². The van der Waals surface area contributed by atoms with Gasteiger partial charge in [-0.2, -0.15) is 0 Å². The summed E-state index contributed by atoms with van der Waals surface area (Å²) in [4.78, 5) is 13.1. The second kappa shape index (κ2) is 5.56. The highest BCUT2D eigenvalue weighted by Gasteiger charge is 2.21. The third-order valence-corrected chi connectivity index (χ3v) is 3.31. The Morgan fingerprint density at radius 2 is 2.00 bits per heavy atom. The van der Waals surface area contributed by atoms with Gasteiger partial charge in [-0.25, -0.2) is 0 Å². The molecular weight excluding hydrogens is 257 g/mol. The Morgan fingerprint density at radius 1 is 1.24 bits per heavy atom. The van der Waals surface area contributed by atoms with Crippen molar-refractivity contribution in [3.05, 3.63) is 41.1 Å². The van der Waals surface area contributed by atoms with Crippen LogP contribution >= 0.6 is 23.2 Å². The third kappa shape index (κ3) is 2.82. The fourth-order valence-corrected chi connectivity index (χ4v) is 2.44. The quantitative estimate of drug-likeness (QED) is 0.549. The van der Waals surface area contributed by atoms with Crippen LogP contribution in [0.25, 0.3) is 0 Å². The highest BCUT2D eigenvalue weighted by atomic mass is 35.5. The van der Waals surface area contributed by atoms with Gasteiger partial charge in [0.15, 0.2) is 0 Å². The Balaban J connectivity index is 2.39.